The zero-order chi connectivity index (χ0) is 17.6. The maximum Gasteiger partial charge on any atom is 0.244 e. The first-order valence-electron chi connectivity index (χ1n) is 9.63. The third-order valence-corrected chi connectivity index (χ3v) is 5.77. The van der Waals surface area contributed by atoms with Crippen molar-refractivity contribution in [1.82, 2.24) is 0 Å². The first kappa shape index (κ1) is 19.4. The van der Waals surface area contributed by atoms with Crippen LogP contribution in [0.25, 0.3) is 0 Å². The van der Waals surface area contributed by atoms with Crippen molar-refractivity contribution < 1.29 is 13.9 Å². The van der Waals surface area contributed by atoms with Gasteiger partial charge in [-0.3, -0.25) is 0 Å². The third-order valence-electron chi connectivity index (χ3n) is 5.77. The summed E-state index contributed by atoms with van der Waals surface area (Å²) in [6.45, 7) is 3.92. The molecule has 2 rings (SSSR count). The van der Waals surface area contributed by atoms with Crippen LogP contribution in [0.2, 0.25) is 0 Å². The monoisotopic (exact) mass is 338 g/mol. The van der Waals surface area contributed by atoms with Crippen molar-refractivity contribution in [1.29, 1.82) is 0 Å². The quantitative estimate of drug-likeness (QED) is 0.608. The van der Waals surface area contributed by atoms with Crippen LogP contribution < -0.4 is 0 Å². The van der Waals surface area contributed by atoms with E-state index < -0.39 is 17.9 Å². The fraction of sp³-hybridized carbons (Fsp3) is 0.714. The van der Waals surface area contributed by atoms with E-state index in [0.29, 0.717) is 12.0 Å². The Morgan fingerprint density at radius 1 is 1.08 bits per heavy atom. The molecule has 1 nitrogen and oxygen atoms in total. The van der Waals surface area contributed by atoms with Gasteiger partial charge in [0.25, 0.3) is 0 Å². The number of rotatable bonds is 8. The Kier molecular flexibility index (Phi) is 7.21. The Balaban J connectivity index is 2.33. The van der Waals surface area contributed by atoms with Gasteiger partial charge in [0.2, 0.25) is 6.43 Å². The molecule has 1 aromatic carbocycles. The highest BCUT2D eigenvalue weighted by atomic mass is 19.3. The topological polar surface area (TPSA) is 20.2 Å². The zero-order valence-electron chi connectivity index (χ0n) is 15.1. The number of hydrogen-bond donors (Lipinski definition) is 1. The maximum atomic E-state index is 13.7. The average Bonchev–Trinajstić information content (AvgIpc) is 2.61. The molecule has 0 saturated heterocycles. The van der Waals surface area contributed by atoms with Gasteiger partial charge in [0.1, 0.15) is 5.60 Å². The van der Waals surface area contributed by atoms with Gasteiger partial charge in [0.15, 0.2) is 0 Å². The molecule has 1 aromatic rings. The standard InChI is InChI=1S/C21H32F2O/c1-3-5-9-16-12-14-18(15-13-16)21(24,19(4-2)20(22)23)17-10-7-6-8-11-17/h12-15,17,19-20,24H,3-11H2,1-2H3. The lowest BCUT2D eigenvalue weighted by molar-refractivity contribution is -0.136. The van der Waals surface area contributed by atoms with Crippen molar-refractivity contribution >= 4 is 0 Å². The number of benzene rings is 1. The van der Waals surface area contributed by atoms with Crippen LogP contribution in [0.5, 0.6) is 0 Å². The summed E-state index contributed by atoms with van der Waals surface area (Å²) in [6, 6.07) is 7.81. The first-order chi connectivity index (χ1) is 11.5. The van der Waals surface area contributed by atoms with E-state index in [1.54, 1.807) is 6.92 Å². The van der Waals surface area contributed by atoms with Crippen LogP contribution >= 0.6 is 0 Å². The fourth-order valence-corrected chi connectivity index (χ4v) is 4.30. The molecule has 3 heteroatoms. The molecule has 0 bridgehead atoms. The van der Waals surface area contributed by atoms with Crippen molar-refractivity contribution in [3.63, 3.8) is 0 Å². The molecule has 0 spiro atoms. The Hall–Kier alpha value is -0.960. The van der Waals surface area contributed by atoms with E-state index in [1.807, 2.05) is 24.3 Å². The van der Waals surface area contributed by atoms with Gasteiger partial charge in [-0.1, -0.05) is 63.8 Å². The van der Waals surface area contributed by atoms with E-state index in [0.717, 1.165) is 51.4 Å². The maximum absolute atomic E-state index is 13.7. The minimum Gasteiger partial charge on any atom is -0.384 e. The lowest BCUT2D eigenvalue weighted by Gasteiger charge is -2.44. The molecule has 0 amide bonds. The van der Waals surface area contributed by atoms with Crippen LogP contribution in [0.4, 0.5) is 8.78 Å². The summed E-state index contributed by atoms with van der Waals surface area (Å²) in [5.74, 6) is -1.06. The zero-order valence-corrected chi connectivity index (χ0v) is 15.1. The Labute approximate surface area is 145 Å². The highest BCUT2D eigenvalue weighted by Crippen LogP contribution is 2.47. The normalized spacial score (nSPS) is 20.1. The summed E-state index contributed by atoms with van der Waals surface area (Å²) < 4.78 is 27.4. The summed E-state index contributed by atoms with van der Waals surface area (Å²) in [4.78, 5) is 0. The molecule has 0 aliphatic heterocycles. The number of unbranched alkanes of at least 4 members (excludes halogenated alkanes) is 1. The van der Waals surface area contributed by atoms with Gasteiger partial charge in [0, 0.05) is 0 Å². The molecule has 1 aliphatic carbocycles. The van der Waals surface area contributed by atoms with Crippen molar-refractivity contribution in [2.45, 2.75) is 83.7 Å². The van der Waals surface area contributed by atoms with E-state index >= 15 is 0 Å². The highest BCUT2D eigenvalue weighted by Gasteiger charge is 2.48. The number of halogens is 2. The van der Waals surface area contributed by atoms with Gasteiger partial charge in [0.05, 0.1) is 5.92 Å². The Bertz CT molecular complexity index is 479. The molecular weight excluding hydrogens is 306 g/mol. The van der Waals surface area contributed by atoms with Crippen LogP contribution in [0.15, 0.2) is 24.3 Å². The molecular formula is C21H32F2O. The second kappa shape index (κ2) is 8.94. The third kappa shape index (κ3) is 4.17. The molecule has 1 saturated carbocycles. The van der Waals surface area contributed by atoms with Gasteiger partial charge >= 0.3 is 0 Å². The van der Waals surface area contributed by atoms with Crippen LogP contribution in [0.1, 0.15) is 76.3 Å². The van der Waals surface area contributed by atoms with Gasteiger partial charge in [-0.25, -0.2) is 8.78 Å². The minimum atomic E-state index is -2.50. The summed E-state index contributed by atoms with van der Waals surface area (Å²) >= 11 is 0. The number of hydrogen-bond acceptors (Lipinski definition) is 1. The van der Waals surface area contributed by atoms with E-state index in [4.69, 9.17) is 0 Å². The first-order valence-corrected chi connectivity index (χ1v) is 9.63. The summed E-state index contributed by atoms with van der Waals surface area (Å²) in [7, 11) is 0. The van der Waals surface area contributed by atoms with E-state index in [9.17, 15) is 13.9 Å². The average molecular weight is 338 g/mol. The highest BCUT2D eigenvalue weighted by molar-refractivity contribution is 5.29. The smallest absolute Gasteiger partial charge is 0.244 e. The second-order valence-corrected chi connectivity index (χ2v) is 7.31. The van der Waals surface area contributed by atoms with Crippen LogP contribution in [0, 0.1) is 11.8 Å². The SMILES string of the molecule is CCCCc1ccc(C(O)(C2CCCCC2)C(CC)C(F)F)cc1. The number of aryl methyl sites for hydroxylation is 1. The number of alkyl halides is 2. The molecule has 24 heavy (non-hydrogen) atoms. The van der Waals surface area contributed by atoms with Gasteiger partial charge in [-0.05, 0) is 49.1 Å². The lowest BCUT2D eigenvalue weighted by atomic mass is 9.66. The lowest BCUT2D eigenvalue weighted by Crippen LogP contribution is -2.46. The van der Waals surface area contributed by atoms with Crippen LogP contribution in [0.3, 0.4) is 0 Å². The van der Waals surface area contributed by atoms with Gasteiger partial charge in [-0.2, -0.15) is 0 Å². The van der Waals surface area contributed by atoms with E-state index in [-0.39, 0.29) is 5.92 Å². The van der Waals surface area contributed by atoms with Crippen LogP contribution in [-0.4, -0.2) is 11.5 Å². The summed E-state index contributed by atoms with van der Waals surface area (Å²) in [5, 5.41) is 11.5. The van der Waals surface area contributed by atoms with Crippen LogP contribution in [-0.2, 0) is 12.0 Å². The predicted molar refractivity (Wildman–Crippen MR) is 95.3 cm³/mol. The fourth-order valence-electron chi connectivity index (χ4n) is 4.30. The second-order valence-electron chi connectivity index (χ2n) is 7.31. The van der Waals surface area contributed by atoms with E-state index in [2.05, 4.69) is 6.92 Å². The van der Waals surface area contributed by atoms with Crippen molar-refractivity contribution in [2.24, 2.45) is 11.8 Å². The van der Waals surface area contributed by atoms with Gasteiger partial charge < -0.3 is 5.11 Å². The number of aliphatic hydroxyl groups is 1. The largest absolute Gasteiger partial charge is 0.384 e. The summed E-state index contributed by atoms with van der Waals surface area (Å²) in [6.07, 6.45) is 5.96. The molecule has 1 N–H and O–H groups in total. The van der Waals surface area contributed by atoms with Crippen molar-refractivity contribution in [3.05, 3.63) is 35.4 Å². The van der Waals surface area contributed by atoms with Crippen molar-refractivity contribution in [2.75, 3.05) is 0 Å². The van der Waals surface area contributed by atoms with E-state index in [1.165, 1.54) is 5.56 Å². The summed E-state index contributed by atoms with van der Waals surface area (Å²) in [5.41, 5.74) is 0.491. The Morgan fingerprint density at radius 2 is 1.71 bits per heavy atom. The van der Waals surface area contributed by atoms with Gasteiger partial charge in [-0.15, -0.1) is 0 Å². The molecule has 0 heterocycles. The minimum absolute atomic E-state index is 0.0632. The molecule has 2 unspecified atom stereocenters. The molecule has 2 atom stereocenters. The van der Waals surface area contributed by atoms with Crippen molar-refractivity contribution in [3.8, 4) is 0 Å². The molecule has 0 aromatic heterocycles. The molecule has 1 fully saturated rings. The molecule has 0 radical (unpaired) electrons. The molecule has 1 aliphatic rings. The molecule has 136 valence electrons. The Morgan fingerprint density at radius 3 is 2.21 bits per heavy atom. The predicted octanol–water partition coefficient (Wildman–Crippen LogP) is 6.09.